The Labute approximate surface area is 138 Å². The molecule has 120 valence electrons. The van der Waals surface area contributed by atoms with Crippen molar-refractivity contribution in [2.45, 2.75) is 29.1 Å². The Bertz CT molecular complexity index is 821. The molecule has 2 aliphatic rings. The van der Waals surface area contributed by atoms with Crippen molar-refractivity contribution < 1.29 is 13.2 Å². The van der Waals surface area contributed by atoms with Crippen molar-refractivity contribution in [3.63, 3.8) is 0 Å². The van der Waals surface area contributed by atoms with Gasteiger partial charge in [0.2, 0.25) is 5.91 Å². The molecule has 8 heteroatoms. The largest absolute Gasteiger partial charge is 0.306 e. The number of aromatic nitrogens is 1. The first-order valence-electron chi connectivity index (χ1n) is 7.36. The second kappa shape index (κ2) is 5.40. The summed E-state index contributed by atoms with van der Waals surface area (Å²) in [7, 11) is -3.52. The number of carbonyl (C=O) groups excluding carboxylic acids is 1. The Kier molecular flexibility index (Phi) is 3.47. The summed E-state index contributed by atoms with van der Waals surface area (Å²) >= 11 is 1.21. The molecule has 0 bridgehead atoms. The Hall–Kier alpha value is -1.77. The lowest BCUT2D eigenvalue weighted by molar-refractivity contribution is -0.117. The normalized spacial score (nSPS) is 25.0. The van der Waals surface area contributed by atoms with E-state index in [0.29, 0.717) is 17.2 Å². The molecule has 0 aliphatic carbocycles. The number of anilines is 1. The number of fused-ring (bicyclic) bond motifs is 1. The van der Waals surface area contributed by atoms with Crippen molar-refractivity contribution in [1.29, 1.82) is 0 Å². The molecule has 0 aromatic carbocycles. The highest BCUT2D eigenvalue weighted by Crippen LogP contribution is 2.38. The predicted octanol–water partition coefficient (Wildman–Crippen LogP) is 1.71. The fraction of sp³-hybridized carbons (Fsp3) is 0.333. The lowest BCUT2D eigenvalue weighted by Gasteiger charge is -2.24. The zero-order valence-electron chi connectivity index (χ0n) is 12.2. The summed E-state index contributed by atoms with van der Waals surface area (Å²) in [5.74, 6) is -0.0425. The predicted molar refractivity (Wildman–Crippen MR) is 86.7 cm³/mol. The van der Waals surface area contributed by atoms with Gasteiger partial charge in [-0.2, -0.15) is 4.31 Å². The summed E-state index contributed by atoms with van der Waals surface area (Å²) in [5, 5.41) is 1.75. The summed E-state index contributed by atoms with van der Waals surface area (Å²) in [6.45, 7) is 0.444. The highest BCUT2D eigenvalue weighted by molar-refractivity contribution is 7.91. The second-order valence-corrected chi connectivity index (χ2v) is 8.72. The smallest absolute Gasteiger partial charge is 0.252 e. The Morgan fingerprint density at radius 1 is 1.22 bits per heavy atom. The molecule has 2 aliphatic heterocycles. The molecule has 6 nitrogen and oxygen atoms in total. The lowest BCUT2D eigenvalue weighted by Crippen LogP contribution is -2.39. The molecular weight excluding hydrogens is 334 g/mol. The van der Waals surface area contributed by atoms with Crippen molar-refractivity contribution in [3.8, 4) is 0 Å². The number of nitrogens with zero attached hydrogens (tertiary/aromatic N) is 3. The number of sulfonamides is 1. The topological polar surface area (TPSA) is 70.6 Å². The first-order valence-corrected chi connectivity index (χ1v) is 9.68. The molecule has 0 saturated carbocycles. The molecule has 2 fully saturated rings. The molecule has 2 aromatic heterocycles. The van der Waals surface area contributed by atoms with E-state index < -0.39 is 10.0 Å². The van der Waals surface area contributed by atoms with Crippen LogP contribution in [0.25, 0.3) is 0 Å². The van der Waals surface area contributed by atoms with Crippen molar-refractivity contribution in [2.75, 3.05) is 11.4 Å². The highest BCUT2D eigenvalue weighted by Gasteiger charge is 2.51. The van der Waals surface area contributed by atoms with E-state index in [2.05, 4.69) is 4.98 Å². The molecule has 0 radical (unpaired) electrons. The van der Waals surface area contributed by atoms with Crippen LogP contribution in [0.3, 0.4) is 0 Å². The first kappa shape index (κ1) is 14.8. The van der Waals surface area contributed by atoms with Gasteiger partial charge < -0.3 is 4.90 Å². The average molecular weight is 349 g/mol. The number of hydrogen-bond donors (Lipinski definition) is 0. The van der Waals surface area contributed by atoms with Crippen molar-refractivity contribution in [1.82, 2.24) is 9.29 Å². The van der Waals surface area contributed by atoms with E-state index in [-0.39, 0.29) is 24.4 Å². The van der Waals surface area contributed by atoms with Gasteiger partial charge in [-0.05, 0) is 30.0 Å². The van der Waals surface area contributed by atoms with Gasteiger partial charge in [-0.15, -0.1) is 11.3 Å². The molecule has 0 N–H and O–H groups in total. The number of rotatable bonds is 3. The van der Waals surface area contributed by atoms with E-state index in [4.69, 9.17) is 0 Å². The molecule has 23 heavy (non-hydrogen) atoms. The SMILES string of the molecule is O=C1C[C@@H]2[C@H](CCN2S(=O)(=O)c2cccs2)N1c1cccnc1. The van der Waals surface area contributed by atoms with E-state index in [1.807, 2.05) is 6.07 Å². The van der Waals surface area contributed by atoms with Gasteiger partial charge in [0.15, 0.2) is 0 Å². The van der Waals surface area contributed by atoms with E-state index in [0.717, 1.165) is 5.69 Å². The van der Waals surface area contributed by atoms with Crippen LogP contribution in [0.1, 0.15) is 12.8 Å². The Morgan fingerprint density at radius 2 is 2.09 bits per heavy atom. The summed E-state index contributed by atoms with van der Waals surface area (Å²) in [6, 6.07) is 6.56. The highest BCUT2D eigenvalue weighted by atomic mass is 32.2. The van der Waals surface area contributed by atoms with E-state index >= 15 is 0 Å². The minimum Gasteiger partial charge on any atom is -0.306 e. The Balaban J connectivity index is 1.67. The number of thiophene rings is 1. The van der Waals surface area contributed by atoms with Crippen molar-refractivity contribution in [3.05, 3.63) is 42.0 Å². The zero-order valence-corrected chi connectivity index (χ0v) is 13.8. The van der Waals surface area contributed by atoms with Gasteiger partial charge in [0, 0.05) is 19.2 Å². The third-order valence-corrected chi connectivity index (χ3v) is 7.72. The molecular formula is C15H15N3O3S2. The number of carbonyl (C=O) groups is 1. The van der Waals surface area contributed by atoms with Crippen LogP contribution in [0.2, 0.25) is 0 Å². The molecule has 4 rings (SSSR count). The molecule has 4 heterocycles. The van der Waals surface area contributed by atoms with Crippen LogP contribution in [-0.2, 0) is 14.8 Å². The fourth-order valence-electron chi connectivity index (χ4n) is 3.47. The van der Waals surface area contributed by atoms with Crippen LogP contribution < -0.4 is 4.90 Å². The van der Waals surface area contributed by atoms with E-state index in [1.54, 1.807) is 40.9 Å². The van der Waals surface area contributed by atoms with Crippen LogP contribution in [0.15, 0.2) is 46.2 Å². The summed E-state index contributed by atoms with van der Waals surface area (Å²) in [4.78, 5) is 18.2. The van der Waals surface area contributed by atoms with Crippen LogP contribution >= 0.6 is 11.3 Å². The minimum atomic E-state index is -3.52. The number of hydrogen-bond acceptors (Lipinski definition) is 5. The maximum Gasteiger partial charge on any atom is 0.252 e. The fourth-order valence-corrected chi connectivity index (χ4v) is 6.25. The molecule has 0 spiro atoms. The van der Waals surface area contributed by atoms with E-state index in [1.165, 1.54) is 15.6 Å². The van der Waals surface area contributed by atoms with Gasteiger partial charge in [0.1, 0.15) is 4.21 Å². The van der Waals surface area contributed by atoms with Crippen LogP contribution in [0.4, 0.5) is 5.69 Å². The third kappa shape index (κ3) is 2.29. The third-order valence-electron chi connectivity index (χ3n) is 4.43. The average Bonchev–Trinajstić information content (AvgIpc) is 3.23. The summed E-state index contributed by atoms with van der Waals surface area (Å²) in [5.41, 5.74) is 0.736. The van der Waals surface area contributed by atoms with E-state index in [9.17, 15) is 13.2 Å². The quantitative estimate of drug-likeness (QED) is 0.846. The van der Waals surface area contributed by atoms with Gasteiger partial charge in [-0.3, -0.25) is 9.78 Å². The minimum absolute atomic E-state index is 0.0425. The molecule has 0 unspecified atom stereocenters. The molecule has 1 amide bonds. The van der Waals surface area contributed by atoms with Crippen LogP contribution in [-0.4, -0.2) is 42.2 Å². The standard InChI is InChI=1S/C15H15N3O3S2/c19-14-9-13-12(18(14)11-3-1-6-16-10-11)5-7-17(13)23(20,21)15-4-2-8-22-15/h1-4,6,8,10,12-13H,5,7,9H2/t12-,13+/m0/s1. The Morgan fingerprint density at radius 3 is 2.78 bits per heavy atom. The maximum absolute atomic E-state index is 12.8. The second-order valence-electron chi connectivity index (χ2n) is 5.65. The van der Waals surface area contributed by atoms with Gasteiger partial charge >= 0.3 is 0 Å². The summed E-state index contributed by atoms with van der Waals surface area (Å²) < 4.78 is 27.4. The van der Waals surface area contributed by atoms with Gasteiger partial charge in [0.25, 0.3) is 10.0 Å². The number of pyridine rings is 1. The molecule has 2 saturated heterocycles. The maximum atomic E-state index is 12.8. The summed E-state index contributed by atoms with van der Waals surface area (Å²) in [6.07, 6.45) is 4.18. The van der Waals surface area contributed by atoms with Crippen molar-refractivity contribution >= 4 is 33.0 Å². The van der Waals surface area contributed by atoms with Crippen molar-refractivity contribution in [2.24, 2.45) is 0 Å². The van der Waals surface area contributed by atoms with Crippen LogP contribution in [0, 0.1) is 0 Å². The lowest BCUT2D eigenvalue weighted by atomic mass is 10.1. The number of amides is 1. The first-order chi connectivity index (χ1) is 11.1. The van der Waals surface area contributed by atoms with Gasteiger partial charge in [0.05, 0.1) is 24.0 Å². The van der Waals surface area contributed by atoms with Crippen LogP contribution in [0.5, 0.6) is 0 Å². The zero-order chi connectivity index (χ0) is 16.0. The monoisotopic (exact) mass is 349 g/mol. The van der Waals surface area contributed by atoms with Gasteiger partial charge in [-0.25, -0.2) is 8.42 Å². The molecule has 2 aromatic rings. The molecule has 2 atom stereocenters. The van der Waals surface area contributed by atoms with Gasteiger partial charge in [-0.1, -0.05) is 6.07 Å².